The highest BCUT2D eigenvalue weighted by Crippen LogP contribution is 2.23. The Morgan fingerprint density at radius 1 is 1.18 bits per heavy atom. The first kappa shape index (κ1) is 24.4. The van der Waals surface area contributed by atoms with Crippen molar-refractivity contribution in [1.29, 1.82) is 0 Å². The summed E-state index contributed by atoms with van der Waals surface area (Å²) in [5, 5.41) is 12.1. The molecule has 0 spiro atoms. The Morgan fingerprint density at radius 3 is 2.39 bits per heavy atom. The van der Waals surface area contributed by atoms with Crippen molar-refractivity contribution in [2.45, 2.75) is 52.0 Å². The standard InChI is InChI=1S/C21H33N3O3.ClH/c1-4-16-8-6-9-17(5-2)21(16)22-19(25)14-24-12-7-10-18(11-13-24)23(3)15-20(26)27;/h6,8-9,18H,4-5,7,10-15H2,1-3H3,(H,22,25)(H,26,27);1H. The van der Waals surface area contributed by atoms with E-state index in [1.165, 1.54) is 11.1 Å². The Kier molecular flexibility index (Phi) is 10.5. The molecule has 0 radical (unpaired) electrons. The average molecular weight is 412 g/mol. The minimum absolute atomic E-state index is 0. The van der Waals surface area contributed by atoms with Gasteiger partial charge in [0.15, 0.2) is 0 Å². The number of nitrogens with one attached hydrogen (secondary N) is 1. The van der Waals surface area contributed by atoms with Crippen molar-refractivity contribution < 1.29 is 14.7 Å². The molecule has 0 aromatic heterocycles. The number of carbonyl (C=O) groups is 2. The first-order valence-electron chi connectivity index (χ1n) is 9.99. The lowest BCUT2D eigenvalue weighted by atomic mass is 10.0. The molecule has 1 aromatic rings. The summed E-state index contributed by atoms with van der Waals surface area (Å²) in [6.45, 7) is 6.36. The normalized spacial score (nSPS) is 17.6. The molecule has 1 aliphatic rings. The number of carboxylic acids is 1. The minimum Gasteiger partial charge on any atom is -0.480 e. The Morgan fingerprint density at radius 2 is 1.82 bits per heavy atom. The van der Waals surface area contributed by atoms with Crippen molar-refractivity contribution in [3.63, 3.8) is 0 Å². The maximum absolute atomic E-state index is 12.6. The van der Waals surface area contributed by atoms with Crippen molar-refractivity contribution >= 4 is 30.0 Å². The van der Waals surface area contributed by atoms with Gasteiger partial charge in [0.2, 0.25) is 5.91 Å². The summed E-state index contributed by atoms with van der Waals surface area (Å²) < 4.78 is 0. The van der Waals surface area contributed by atoms with Crippen LogP contribution in [-0.4, -0.2) is 66.1 Å². The summed E-state index contributed by atoms with van der Waals surface area (Å²) in [4.78, 5) is 27.7. The molecule has 1 fully saturated rings. The molecular formula is C21H34ClN3O3. The van der Waals surface area contributed by atoms with E-state index in [0.29, 0.717) is 6.54 Å². The van der Waals surface area contributed by atoms with Gasteiger partial charge in [-0.2, -0.15) is 0 Å². The molecule has 1 atom stereocenters. The molecule has 2 N–H and O–H groups in total. The van der Waals surface area contributed by atoms with Crippen molar-refractivity contribution in [3.8, 4) is 0 Å². The highest BCUT2D eigenvalue weighted by Gasteiger charge is 2.23. The summed E-state index contributed by atoms with van der Waals surface area (Å²) in [5.41, 5.74) is 3.32. The van der Waals surface area contributed by atoms with Gasteiger partial charge in [0, 0.05) is 18.3 Å². The molecule has 1 aromatic carbocycles. The largest absolute Gasteiger partial charge is 0.480 e. The molecule has 1 unspecified atom stereocenters. The third-order valence-corrected chi connectivity index (χ3v) is 5.43. The van der Waals surface area contributed by atoms with E-state index < -0.39 is 5.97 Å². The highest BCUT2D eigenvalue weighted by molar-refractivity contribution is 5.93. The number of rotatable bonds is 8. The quantitative estimate of drug-likeness (QED) is 0.687. The van der Waals surface area contributed by atoms with Crippen molar-refractivity contribution in [2.24, 2.45) is 0 Å². The molecule has 0 saturated carbocycles. The van der Waals surface area contributed by atoms with Gasteiger partial charge >= 0.3 is 5.97 Å². The molecule has 1 aliphatic heterocycles. The van der Waals surface area contributed by atoms with Gasteiger partial charge in [-0.1, -0.05) is 32.0 Å². The molecule has 0 bridgehead atoms. The molecule has 28 heavy (non-hydrogen) atoms. The lowest BCUT2D eigenvalue weighted by molar-refractivity contribution is -0.138. The molecule has 2 rings (SSSR count). The number of anilines is 1. The van der Waals surface area contributed by atoms with E-state index >= 15 is 0 Å². The van der Waals surface area contributed by atoms with Crippen LogP contribution in [0.1, 0.15) is 44.2 Å². The zero-order chi connectivity index (χ0) is 19.8. The lowest BCUT2D eigenvalue weighted by Gasteiger charge is -2.25. The van der Waals surface area contributed by atoms with Gasteiger partial charge in [0.05, 0.1) is 13.1 Å². The van der Waals surface area contributed by atoms with E-state index in [1.807, 2.05) is 11.9 Å². The van der Waals surface area contributed by atoms with E-state index in [0.717, 1.165) is 50.9 Å². The number of halogens is 1. The van der Waals surface area contributed by atoms with Crippen LogP contribution in [0.4, 0.5) is 5.69 Å². The third-order valence-electron chi connectivity index (χ3n) is 5.43. The van der Waals surface area contributed by atoms with Crippen LogP contribution in [0.2, 0.25) is 0 Å². The number of carboxylic acid groups (broad SMARTS) is 1. The number of likely N-dealkylation sites (tertiary alicyclic amines) is 1. The number of hydrogen-bond donors (Lipinski definition) is 2. The number of carbonyl (C=O) groups excluding carboxylic acids is 1. The second-order valence-corrected chi connectivity index (χ2v) is 7.38. The number of likely N-dealkylation sites (N-methyl/N-ethyl adjacent to an activating group) is 1. The third kappa shape index (κ3) is 7.08. The van der Waals surface area contributed by atoms with E-state index in [1.54, 1.807) is 0 Å². The topological polar surface area (TPSA) is 72.9 Å². The van der Waals surface area contributed by atoms with Crippen LogP contribution >= 0.6 is 12.4 Å². The Balaban J connectivity index is 0.00000392. The number of aliphatic carboxylic acids is 1. The molecule has 158 valence electrons. The minimum atomic E-state index is -0.792. The Labute approximate surface area is 174 Å². The van der Waals surface area contributed by atoms with Gasteiger partial charge in [-0.3, -0.25) is 19.4 Å². The fraction of sp³-hybridized carbons (Fsp3) is 0.619. The number of nitrogens with zero attached hydrogens (tertiary/aromatic N) is 2. The van der Waals surface area contributed by atoms with Crippen molar-refractivity contribution in [3.05, 3.63) is 29.3 Å². The predicted molar refractivity (Wildman–Crippen MR) is 115 cm³/mol. The van der Waals surface area contributed by atoms with Crippen LogP contribution in [0, 0.1) is 0 Å². The van der Waals surface area contributed by atoms with Gasteiger partial charge in [0.1, 0.15) is 0 Å². The molecule has 0 aliphatic carbocycles. The van der Waals surface area contributed by atoms with E-state index in [4.69, 9.17) is 5.11 Å². The zero-order valence-corrected chi connectivity index (χ0v) is 18.1. The summed E-state index contributed by atoms with van der Waals surface area (Å²) in [6.07, 6.45) is 4.63. The maximum Gasteiger partial charge on any atom is 0.317 e. The van der Waals surface area contributed by atoms with Gasteiger partial charge in [-0.05, 0) is 56.8 Å². The maximum atomic E-state index is 12.6. The van der Waals surface area contributed by atoms with Crippen LogP contribution in [-0.2, 0) is 22.4 Å². The predicted octanol–water partition coefficient (Wildman–Crippen LogP) is 3.04. The van der Waals surface area contributed by atoms with Crippen LogP contribution in [0.25, 0.3) is 0 Å². The summed E-state index contributed by atoms with van der Waals surface area (Å²) in [7, 11) is 1.87. The van der Waals surface area contributed by atoms with Crippen LogP contribution in [0.3, 0.4) is 0 Å². The highest BCUT2D eigenvalue weighted by atomic mass is 35.5. The van der Waals surface area contributed by atoms with Gasteiger partial charge in [0.25, 0.3) is 0 Å². The SMILES string of the molecule is CCc1cccc(CC)c1NC(=O)CN1CCCC(N(C)CC(=O)O)CC1.Cl. The van der Waals surface area contributed by atoms with Crippen molar-refractivity contribution in [2.75, 3.05) is 38.5 Å². The first-order chi connectivity index (χ1) is 12.9. The smallest absolute Gasteiger partial charge is 0.317 e. The summed E-state index contributed by atoms with van der Waals surface area (Å²) in [6, 6.07) is 6.46. The second-order valence-electron chi connectivity index (χ2n) is 7.38. The first-order valence-corrected chi connectivity index (χ1v) is 9.99. The molecule has 7 heteroatoms. The summed E-state index contributed by atoms with van der Waals surface area (Å²) in [5.74, 6) is -0.762. The number of hydrogen-bond acceptors (Lipinski definition) is 4. The molecule has 1 heterocycles. The molecule has 1 saturated heterocycles. The van der Waals surface area contributed by atoms with Gasteiger partial charge in [-0.25, -0.2) is 0 Å². The Hall–Kier alpha value is -1.63. The van der Waals surface area contributed by atoms with Crippen LogP contribution in [0.5, 0.6) is 0 Å². The summed E-state index contributed by atoms with van der Waals surface area (Å²) >= 11 is 0. The second kappa shape index (κ2) is 12.0. The van der Waals surface area contributed by atoms with Gasteiger partial charge < -0.3 is 10.4 Å². The number of benzene rings is 1. The molecule has 6 nitrogen and oxygen atoms in total. The molecular weight excluding hydrogens is 378 g/mol. The van der Waals surface area contributed by atoms with Gasteiger partial charge in [-0.15, -0.1) is 12.4 Å². The monoisotopic (exact) mass is 411 g/mol. The number of amides is 1. The van der Waals surface area contributed by atoms with E-state index in [9.17, 15) is 9.59 Å². The van der Waals surface area contributed by atoms with E-state index in [-0.39, 0.29) is 30.9 Å². The van der Waals surface area contributed by atoms with E-state index in [2.05, 4.69) is 42.3 Å². The fourth-order valence-corrected chi connectivity index (χ4v) is 3.86. The number of para-hydroxylation sites is 1. The average Bonchev–Trinajstić information content (AvgIpc) is 2.87. The Bertz CT molecular complexity index is 632. The van der Waals surface area contributed by atoms with Crippen LogP contribution in [0.15, 0.2) is 18.2 Å². The fourth-order valence-electron chi connectivity index (χ4n) is 3.86. The zero-order valence-electron chi connectivity index (χ0n) is 17.2. The van der Waals surface area contributed by atoms with Crippen molar-refractivity contribution in [1.82, 2.24) is 9.80 Å². The lowest BCUT2D eigenvalue weighted by Crippen LogP contribution is -2.37. The number of aryl methyl sites for hydroxylation is 2. The molecule has 1 amide bonds. The van der Waals surface area contributed by atoms with Crippen LogP contribution < -0.4 is 5.32 Å².